The van der Waals surface area contributed by atoms with Crippen molar-refractivity contribution in [1.29, 1.82) is 0 Å². The molecule has 7 nitrogen and oxygen atoms in total. The maximum absolute atomic E-state index is 12.8. The van der Waals surface area contributed by atoms with Crippen LogP contribution in [0.2, 0.25) is 0 Å². The summed E-state index contributed by atoms with van der Waals surface area (Å²) in [4.78, 5) is 19.8. The number of nitrogens with zero attached hydrogens (tertiary/aromatic N) is 4. The first-order valence-corrected chi connectivity index (χ1v) is 9.97. The molecule has 3 aromatic rings. The monoisotopic (exact) mass is 386 g/mol. The lowest BCUT2D eigenvalue weighted by Gasteiger charge is -2.27. The number of ether oxygens (including phenoxy) is 1. The molecule has 142 valence electrons. The van der Waals surface area contributed by atoms with Crippen LogP contribution in [-0.4, -0.2) is 45.3 Å². The zero-order valence-electron chi connectivity index (χ0n) is 15.5. The summed E-state index contributed by atoms with van der Waals surface area (Å²) in [5.74, 6) is 1.31. The predicted octanol–water partition coefficient (Wildman–Crippen LogP) is 3.14. The molecule has 1 aliphatic heterocycles. The van der Waals surface area contributed by atoms with Crippen LogP contribution in [0.25, 0.3) is 11.6 Å². The molecule has 0 N–H and O–H groups in total. The predicted molar refractivity (Wildman–Crippen MR) is 102 cm³/mol. The van der Waals surface area contributed by atoms with Gasteiger partial charge in [-0.1, -0.05) is 6.07 Å². The van der Waals surface area contributed by atoms with Crippen LogP contribution < -0.4 is 0 Å². The molecule has 8 heteroatoms. The van der Waals surface area contributed by atoms with E-state index in [0.717, 1.165) is 34.0 Å². The van der Waals surface area contributed by atoms with Crippen LogP contribution in [0, 0.1) is 6.92 Å². The maximum Gasteiger partial charge on any atom is 0.264 e. The number of thiophene rings is 1. The molecule has 0 unspecified atom stereocenters. The minimum atomic E-state index is 0.0623. The molecule has 1 amide bonds. The Morgan fingerprint density at radius 2 is 2.33 bits per heavy atom. The normalized spacial score (nSPS) is 13.8. The Morgan fingerprint density at radius 3 is 3.04 bits per heavy atom. The Balaban J connectivity index is 1.66. The third kappa shape index (κ3) is 3.54. The third-order valence-corrected chi connectivity index (χ3v) is 5.49. The van der Waals surface area contributed by atoms with E-state index in [1.54, 1.807) is 6.20 Å². The van der Waals surface area contributed by atoms with E-state index in [9.17, 15) is 4.79 Å². The molecule has 0 saturated heterocycles. The van der Waals surface area contributed by atoms with Crippen LogP contribution in [0.4, 0.5) is 0 Å². The van der Waals surface area contributed by atoms with Gasteiger partial charge < -0.3 is 14.1 Å². The Kier molecular flexibility index (Phi) is 5.09. The summed E-state index contributed by atoms with van der Waals surface area (Å²) in [7, 11) is 0. The number of hydrogen-bond acceptors (Lipinski definition) is 6. The van der Waals surface area contributed by atoms with Crippen molar-refractivity contribution in [1.82, 2.24) is 19.7 Å². The number of rotatable bonds is 6. The molecule has 4 rings (SSSR count). The van der Waals surface area contributed by atoms with E-state index in [-0.39, 0.29) is 5.91 Å². The first kappa shape index (κ1) is 17.9. The van der Waals surface area contributed by atoms with Gasteiger partial charge in [-0.3, -0.25) is 9.48 Å². The molecule has 0 spiro atoms. The molecule has 1 aliphatic rings. The molecule has 0 aliphatic carbocycles. The zero-order chi connectivity index (χ0) is 18.8. The van der Waals surface area contributed by atoms with E-state index in [2.05, 4.69) is 4.98 Å². The summed E-state index contributed by atoms with van der Waals surface area (Å²) in [6.07, 6.45) is 2.45. The van der Waals surface area contributed by atoms with Gasteiger partial charge in [0.05, 0.1) is 30.8 Å². The third-order valence-electron chi connectivity index (χ3n) is 4.63. The molecule has 4 heterocycles. The van der Waals surface area contributed by atoms with Crippen molar-refractivity contribution < 1.29 is 13.9 Å². The number of aryl methyl sites for hydroxylation is 1. The van der Waals surface area contributed by atoms with Gasteiger partial charge in [0.2, 0.25) is 5.89 Å². The van der Waals surface area contributed by atoms with Crippen LogP contribution in [0.1, 0.15) is 33.6 Å². The molecule has 0 fully saturated rings. The lowest BCUT2D eigenvalue weighted by molar-refractivity contribution is 0.0737. The lowest BCUT2D eigenvalue weighted by atomic mass is 10.0. The number of oxazole rings is 1. The standard InChI is InChI=1S/C19H22N4O3S/c1-3-25-9-8-23-15-6-7-22(19(24)16-5-4-10-27-16)12-14(15)17(21-23)18-20-11-13(2)26-18/h4-5,10-11H,3,6-9,12H2,1-2H3. The highest BCUT2D eigenvalue weighted by atomic mass is 32.1. The Morgan fingerprint density at radius 1 is 1.44 bits per heavy atom. The van der Waals surface area contributed by atoms with Crippen molar-refractivity contribution in [3.05, 3.63) is 45.6 Å². The molecule has 0 saturated carbocycles. The summed E-state index contributed by atoms with van der Waals surface area (Å²) >= 11 is 1.47. The molecular weight excluding hydrogens is 364 g/mol. The molecule has 27 heavy (non-hydrogen) atoms. The van der Waals surface area contributed by atoms with Gasteiger partial charge in [0.25, 0.3) is 5.91 Å². The van der Waals surface area contributed by atoms with Crippen LogP contribution in [0.5, 0.6) is 0 Å². The number of carbonyl (C=O) groups excluding carboxylic acids is 1. The summed E-state index contributed by atoms with van der Waals surface area (Å²) in [5, 5.41) is 6.67. The van der Waals surface area contributed by atoms with Gasteiger partial charge in [0, 0.05) is 30.8 Å². The van der Waals surface area contributed by atoms with E-state index < -0.39 is 0 Å². The quantitative estimate of drug-likeness (QED) is 0.609. The maximum atomic E-state index is 12.8. The second-order valence-electron chi connectivity index (χ2n) is 6.42. The fourth-order valence-electron chi connectivity index (χ4n) is 3.34. The van der Waals surface area contributed by atoms with E-state index in [4.69, 9.17) is 14.3 Å². The number of amides is 1. The van der Waals surface area contributed by atoms with Crippen molar-refractivity contribution in [2.75, 3.05) is 19.8 Å². The first-order valence-electron chi connectivity index (χ1n) is 9.09. The van der Waals surface area contributed by atoms with Gasteiger partial charge >= 0.3 is 0 Å². The van der Waals surface area contributed by atoms with Gasteiger partial charge in [0.15, 0.2) is 5.69 Å². The van der Waals surface area contributed by atoms with Crippen molar-refractivity contribution in [3.8, 4) is 11.6 Å². The van der Waals surface area contributed by atoms with E-state index >= 15 is 0 Å². The Labute approximate surface area is 161 Å². The second-order valence-corrected chi connectivity index (χ2v) is 7.37. The van der Waals surface area contributed by atoms with Gasteiger partial charge in [-0.2, -0.15) is 5.10 Å². The summed E-state index contributed by atoms with van der Waals surface area (Å²) in [5.41, 5.74) is 2.87. The van der Waals surface area contributed by atoms with Crippen molar-refractivity contribution in [2.45, 2.75) is 33.4 Å². The topological polar surface area (TPSA) is 73.4 Å². The number of hydrogen-bond donors (Lipinski definition) is 0. The minimum absolute atomic E-state index is 0.0623. The molecular formula is C19H22N4O3S. The number of fused-ring (bicyclic) bond motifs is 1. The molecule has 3 aromatic heterocycles. The van der Waals surface area contributed by atoms with E-state index in [0.29, 0.717) is 38.7 Å². The molecule has 0 atom stereocenters. The van der Waals surface area contributed by atoms with Crippen molar-refractivity contribution in [3.63, 3.8) is 0 Å². The largest absolute Gasteiger partial charge is 0.440 e. The van der Waals surface area contributed by atoms with Gasteiger partial charge in [0.1, 0.15) is 5.76 Å². The summed E-state index contributed by atoms with van der Waals surface area (Å²) in [6, 6.07) is 3.77. The zero-order valence-corrected chi connectivity index (χ0v) is 16.3. The van der Waals surface area contributed by atoms with Crippen LogP contribution >= 0.6 is 11.3 Å². The molecule has 0 bridgehead atoms. The van der Waals surface area contributed by atoms with Crippen LogP contribution in [0.3, 0.4) is 0 Å². The summed E-state index contributed by atoms with van der Waals surface area (Å²) < 4.78 is 13.2. The minimum Gasteiger partial charge on any atom is -0.440 e. The SMILES string of the molecule is CCOCCn1nc(-c2ncc(C)o2)c2c1CCN(C(=O)c1cccs1)C2. The lowest BCUT2D eigenvalue weighted by Crippen LogP contribution is -2.36. The average Bonchev–Trinajstić information content (AvgIpc) is 3.41. The fourth-order valence-corrected chi connectivity index (χ4v) is 4.03. The van der Waals surface area contributed by atoms with Crippen molar-refractivity contribution >= 4 is 17.2 Å². The van der Waals surface area contributed by atoms with Crippen molar-refractivity contribution in [2.24, 2.45) is 0 Å². The highest BCUT2D eigenvalue weighted by Crippen LogP contribution is 2.31. The Bertz CT molecular complexity index is 929. The van der Waals surface area contributed by atoms with Gasteiger partial charge in [-0.25, -0.2) is 4.98 Å². The van der Waals surface area contributed by atoms with Gasteiger partial charge in [-0.05, 0) is 25.3 Å². The average molecular weight is 386 g/mol. The molecule has 0 aromatic carbocycles. The summed E-state index contributed by atoms with van der Waals surface area (Å²) in [6.45, 7) is 6.99. The van der Waals surface area contributed by atoms with E-state index in [1.807, 2.05) is 40.9 Å². The second kappa shape index (κ2) is 7.66. The number of aromatic nitrogens is 3. The number of carbonyl (C=O) groups is 1. The highest BCUT2D eigenvalue weighted by molar-refractivity contribution is 7.12. The van der Waals surface area contributed by atoms with E-state index in [1.165, 1.54) is 11.3 Å². The molecule has 0 radical (unpaired) electrons. The van der Waals surface area contributed by atoms with Crippen LogP contribution in [0.15, 0.2) is 28.1 Å². The highest BCUT2D eigenvalue weighted by Gasteiger charge is 2.30. The smallest absolute Gasteiger partial charge is 0.264 e. The van der Waals surface area contributed by atoms with Crippen LogP contribution in [-0.2, 0) is 24.2 Å². The first-order chi connectivity index (χ1) is 13.2. The fraction of sp³-hybridized carbons (Fsp3) is 0.421. The Hall–Kier alpha value is -2.45. The van der Waals surface area contributed by atoms with Gasteiger partial charge in [-0.15, -0.1) is 11.3 Å².